The first-order valence-electron chi connectivity index (χ1n) is 6.72. The smallest absolute Gasteiger partial charge is 0.239 e. The molecule has 5 nitrogen and oxygen atoms in total. The number of rotatable bonds is 8. The van der Waals surface area contributed by atoms with Crippen molar-refractivity contribution in [1.82, 2.24) is 4.98 Å². The number of ether oxygens (including phenoxy) is 1. The van der Waals surface area contributed by atoms with E-state index in [0.29, 0.717) is 18.2 Å². The summed E-state index contributed by atoms with van der Waals surface area (Å²) >= 11 is 0. The third kappa shape index (κ3) is 5.34. The molecule has 0 bridgehead atoms. The van der Waals surface area contributed by atoms with Crippen molar-refractivity contribution in [2.75, 3.05) is 30.8 Å². The molecule has 1 rings (SSSR count). The minimum atomic E-state index is 0.0161. The van der Waals surface area contributed by atoms with Gasteiger partial charge in [-0.25, -0.2) is 0 Å². The van der Waals surface area contributed by atoms with Crippen LogP contribution in [0.2, 0.25) is 0 Å². The highest BCUT2D eigenvalue weighted by Crippen LogP contribution is 2.23. The molecule has 0 fully saturated rings. The van der Waals surface area contributed by atoms with Crippen LogP contribution in [-0.4, -0.2) is 29.8 Å². The zero-order chi connectivity index (χ0) is 14.3. The molecule has 0 aliphatic carbocycles. The van der Waals surface area contributed by atoms with E-state index in [1.54, 1.807) is 6.07 Å². The number of nitrogens with two attached hydrogens (primary N) is 1. The number of nitrogens with one attached hydrogen (secondary N) is 1. The fourth-order valence-electron chi connectivity index (χ4n) is 1.58. The van der Waals surface area contributed by atoms with E-state index in [1.807, 2.05) is 13.0 Å². The summed E-state index contributed by atoms with van der Waals surface area (Å²) in [4.78, 5) is 4.35. The minimum absolute atomic E-state index is 0.0161. The van der Waals surface area contributed by atoms with Gasteiger partial charge in [0.15, 0.2) is 0 Å². The maximum atomic E-state index is 9.00. The first kappa shape index (κ1) is 15.6. The van der Waals surface area contributed by atoms with Gasteiger partial charge in [0.1, 0.15) is 5.82 Å². The summed E-state index contributed by atoms with van der Waals surface area (Å²) in [5.74, 6) is 1.22. The summed E-state index contributed by atoms with van der Waals surface area (Å²) in [6, 6.07) is 3.63. The Morgan fingerprint density at radius 2 is 2.16 bits per heavy atom. The van der Waals surface area contributed by atoms with Gasteiger partial charge in [0.25, 0.3) is 0 Å². The zero-order valence-electron chi connectivity index (χ0n) is 12.1. The Morgan fingerprint density at radius 1 is 1.42 bits per heavy atom. The maximum absolute atomic E-state index is 9.00. The molecule has 0 amide bonds. The quantitative estimate of drug-likeness (QED) is 0.673. The molecule has 0 saturated heterocycles. The van der Waals surface area contributed by atoms with Crippen LogP contribution in [0.3, 0.4) is 0 Å². The van der Waals surface area contributed by atoms with Crippen molar-refractivity contribution in [3.05, 3.63) is 12.1 Å². The number of aliphatic hydroxyl groups excluding tert-OH is 1. The van der Waals surface area contributed by atoms with E-state index < -0.39 is 0 Å². The lowest BCUT2D eigenvalue weighted by Gasteiger charge is -2.24. The van der Waals surface area contributed by atoms with Crippen molar-refractivity contribution in [2.45, 2.75) is 33.6 Å². The summed E-state index contributed by atoms with van der Waals surface area (Å²) < 4.78 is 5.49. The highest BCUT2D eigenvalue weighted by Gasteiger charge is 2.17. The fraction of sp³-hybridized carbons (Fsp3) is 0.643. The van der Waals surface area contributed by atoms with Gasteiger partial charge in [0.05, 0.1) is 12.3 Å². The Morgan fingerprint density at radius 3 is 2.79 bits per heavy atom. The lowest BCUT2D eigenvalue weighted by Crippen LogP contribution is -2.24. The molecule has 0 unspecified atom stereocenters. The van der Waals surface area contributed by atoms with E-state index in [0.717, 1.165) is 25.2 Å². The average molecular weight is 267 g/mol. The van der Waals surface area contributed by atoms with Gasteiger partial charge in [-0.3, -0.25) is 0 Å². The Labute approximate surface area is 115 Å². The molecule has 108 valence electrons. The van der Waals surface area contributed by atoms with E-state index in [9.17, 15) is 0 Å². The molecule has 5 heteroatoms. The molecule has 0 aromatic carbocycles. The molecule has 0 spiro atoms. The predicted molar refractivity (Wildman–Crippen MR) is 78.4 cm³/mol. The molecular formula is C14H25N3O2. The Balaban J connectivity index is 2.63. The van der Waals surface area contributed by atoms with Gasteiger partial charge in [0.2, 0.25) is 5.88 Å². The second kappa shape index (κ2) is 7.19. The number of aliphatic hydroxyl groups is 1. The van der Waals surface area contributed by atoms with Gasteiger partial charge < -0.3 is 20.9 Å². The zero-order valence-corrected chi connectivity index (χ0v) is 12.1. The largest absolute Gasteiger partial charge is 0.476 e. The average Bonchev–Trinajstić information content (AvgIpc) is 2.36. The summed E-state index contributed by atoms with van der Waals surface area (Å²) in [5, 5.41) is 12.3. The number of hydrogen-bond donors (Lipinski definition) is 3. The van der Waals surface area contributed by atoms with Gasteiger partial charge in [0, 0.05) is 13.2 Å². The van der Waals surface area contributed by atoms with E-state index in [1.165, 1.54) is 0 Å². The number of nitrogens with zero attached hydrogens (tertiary/aromatic N) is 1. The summed E-state index contributed by atoms with van der Waals surface area (Å²) in [6.45, 7) is 7.77. The minimum Gasteiger partial charge on any atom is -0.476 e. The predicted octanol–water partition coefficient (Wildman–Crippen LogP) is 2.27. The molecule has 19 heavy (non-hydrogen) atoms. The molecule has 0 atom stereocenters. The first-order valence-corrected chi connectivity index (χ1v) is 6.72. The molecular weight excluding hydrogens is 242 g/mol. The lowest BCUT2D eigenvalue weighted by molar-refractivity contribution is 0.220. The number of nitrogen functional groups attached to an aromatic ring is 1. The van der Waals surface area contributed by atoms with Crippen LogP contribution in [0.1, 0.15) is 33.6 Å². The SMILES string of the molecule is CCCOc1nc(NCC(C)(C)CCO)ccc1N. The first-order chi connectivity index (χ1) is 8.98. The molecule has 0 aliphatic heterocycles. The normalized spacial score (nSPS) is 11.4. The Bertz CT molecular complexity index is 394. The van der Waals surface area contributed by atoms with E-state index in [-0.39, 0.29) is 12.0 Å². The van der Waals surface area contributed by atoms with Crippen LogP contribution in [0.5, 0.6) is 5.88 Å². The molecule has 1 aromatic rings. The Kier molecular flexibility index (Phi) is 5.89. The molecule has 0 radical (unpaired) electrons. The van der Waals surface area contributed by atoms with Gasteiger partial charge in [-0.2, -0.15) is 4.98 Å². The van der Waals surface area contributed by atoms with Gasteiger partial charge in [-0.05, 0) is 30.4 Å². The third-order valence-corrected chi connectivity index (χ3v) is 2.87. The summed E-state index contributed by atoms with van der Waals surface area (Å²) in [6.07, 6.45) is 1.66. The second-order valence-electron chi connectivity index (χ2n) is 5.43. The third-order valence-electron chi connectivity index (χ3n) is 2.87. The van der Waals surface area contributed by atoms with E-state index in [4.69, 9.17) is 15.6 Å². The van der Waals surface area contributed by atoms with E-state index >= 15 is 0 Å². The molecule has 1 aromatic heterocycles. The molecule has 0 saturated carbocycles. The van der Waals surface area contributed by atoms with Gasteiger partial charge in [-0.15, -0.1) is 0 Å². The second-order valence-corrected chi connectivity index (χ2v) is 5.43. The monoisotopic (exact) mass is 267 g/mol. The molecule has 1 heterocycles. The van der Waals surface area contributed by atoms with Crippen LogP contribution < -0.4 is 15.8 Å². The molecule has 0 aliphatic rings. The van der Waals surface area contributed by atoms with Crippen LogP contribution in [0.25, 0.3) is 0 Å². The number of aromatic nitrogens is 1. The summed E-state index contributed by atoms with van der Waals surface area (Å²) in [7, 11) is 0. The maximum Gasteiger partial charge on any atom is 0.239 e. The number of anilines is 2. The highest BCUT2D eigenvalue weighted by molar-refractivity contribution is 5.53. The van der Waals surface area contributed by atoms with Crippen molar-refractivity contribution in [2.24, 2.45) is 5.41 Å². The fourth-order valence-corrected chi connectivity index (χ4v) is 1.58. The standard InChI is InChI=1S/C14H25N3O2/c1-4-9-19-13-11(15)5-6-12(17-13)16-10-14(2,3)7-8-18/h5-6,18H,4,7-10,15H2,1-3H3,(H,16,17). The van der Waals surface area contributed by atoms with Crippen molar-refractivity contribution in [3.8, 4) is 5.88 Å². The van der Waals surface area contributed by atoms with Crippen LogP contribution >= 0.6 is 0 Å². The van der Waals surface area contributed by atoms with Crippen LogP contribution in [0.15, 0.2) is 12.1 Å². The van der Waals surface area contributed by atoms with Crippen molar-refractivity contribution in [3.63, 3.8) is 0 Å². The lowest BCUT2D eigenvalue weighted by atomic mass is 9.90. The van der Waals surface area contributed by atoms with Crippen LogP contribution in [-0.2, 0) is 0 Å². The molecule has 4 N–H and O–H groups in total. The Hall–Kier alpha value is -1.49. The van der Waals surface area contributed by atoms with Crippen molar-refractivity contribution < 1.29 is 9.84 Å². The van der Waals surface area contributed by atoms with E-state index in [2.05, 4.69) is 24.1 Å². The van der Waals surface area contributed by atoms with Gasteiger partial charge >= 0.3 is 0 Å². The number of hydrogen-bond acceptors (Lipinski definition) is 5. The summed E-state index contributed by atoms with van der Waals surface area (Å²) in [5.41, 5.74) is 6.38. The van der Waals surface area contributed by atoms with Crippen molar-refractivity contribution >= 4 is 11.5 Å². The van der Waals surface area contributed by atoms with Crippen LogP contribution in [0, 0.1) is 5.41 Å². The number of pyridine rings is 1. The van der Waals surface area contributed by atoms with Gasteiger partial charge in [-0.1, -0.05) is 20.8 Å². The van der Waals surface area contributed by atoms with Crippen molar-refractivity contribution in [1.29, 1.82) is 0 Å². The van der Waals surface area contributed by atoms with Crippen LogP contribution in [0.4, 0.5) is 11.5 Å². The highest BCUT2D eigenvalue weighted by atomic mass is 16.5. The topological polar surface area (TPSA) is 80.4 Å².